The van der Waals surface area contributed by atoms with Gasteiger partial charge in [0.25, 0.3) is 5.91 Å². The molecule has 1 heterocycles. The summed E-state index contributed by atoms with van der Waals surface area (Å²) >= 11 is 0. The number of carbonyl (C=O) groups is 4. The molecule has 0 bridgehead atoms. The first-order valence-corrected chi connectivity index (χ1v) is 10.8. The van der Waals surface area contributed by atoms with E-state index in [0.717, 1.165) is 5.56 Å². The van der Waals surface area contributed by atoms with Gasteiger partial charge >= 0.3 is 12.0 Å². The highest BCUT2D eigenvalue weighted by atomic mass is 16.6. The van der Waals surface area contributed by atoms with Crippen LogP contribution >= 0.6 is 0 Å². The fourth-order valence-corrected chi connectivity index (χ4v) is 3.41. The van der Waals surface area contributed by atoms with Crippen molar-refractivity contribution < 1.29 is 23.9 Å². The van der Waals surface area contributed by atoms with E-state index in [-0.39, 0.29) is 18.9 Å². The zero-order valence-corrected chi connectivity index (χ0v) is 19.4. The van der Waals surface area contributed by atoms with E-state index in [0.29, 0.717) is 11.4 Å². The molecule has 174 valence electrons. The summed E-state index contributed by atoms with van der Waals surface area (Å²) in [5.41, 5.74) is 2.64. The van der Waals surface area contributed by atoms with Gasteiger partial charge in [-0.15, -0.1) is 0 Å². The highest BCUT2D eigenvalue weighted by molar-refractivity contribution is 6.03. The molecule has 1 aromatic carbocycles. The van der Waals surface area contributed by atoms with Gasteiger partial charge in [-0.25, -0.2) is 4.79 Å². The number of urea groups is 1. The van der Waals surface area contributed by atoms with E-state index >= 15 is 0 Å². The van der Waals surface area contributed by atoms with Crippen molar-refractivity contribution in [3.8, 4) is 0 Å². The molecule has 0 aliphatic carbocycles. The van der Waals surface area contributed by atoms with Crippen molar-refractivity contribution in [3.05, 3.63) is 42.0 Å². The summed E-state index contributed by atoms with van der Waals surface area (Å²) in [5, 5.41) is 3.03. The Bertz CT molecular complexity index is 842. The van der Waals surface area contributed by atoms with E-state index in [1.54, 1.807) is 20.8 Å². The Labute approximate surface area is 189 Å². The van der Waals surface area contributed by atoms with E-state index < -0.39 is 41.3 Å². The standard InChI is InChI=1S/C24H33N3O5/c1-16(2)14-19(21(29)26-27-20(28)15-25-23(27)31)18(22(30)32-24(3,4)5)13-9-12-17-10-7-6-8-11-17/h6-12,16,18-19H,13-15H2,1-5H3,(H,25,31)(H,26,29)/b12-9+/t18?,19-/m1/s1. The Morgan fingerprint density at radius 2 is 1.81 bits per heavy atom. The third kappa shape index (κ3) is 7.51. The molecular weight excluding hydrogens is 410 g/mol. The molecule has 4 amide bonds. The average molecular weight is 444 g/mol. The quantitative estimate of drug-likeness (QED) is 0.450. The summed E-state index contributed by atoms with van der Waals surface area (Å²) in [4.78, 5) is 50.0. The number of rotatable bonds is 9. The minimum Gasteiger partial charge on any atom is -0.460 e. The van der Waals surface area contributed by atoms with Gasteiger partial charge in [0.15, 0.2) is 0 Å². The van der Waals surface area contributed by atoms with Crippen LogP contribution in [0.1, 0.15) is 53.0 Å². The van der Waals surface area contributed by atoms with Gasteiger partial charge in [0.05, 0.1) is 11.8 Å². The van der Waals surface area contributed by atoms with E-state index in [1.165, 1.54) is 0 Å². The number of amides is 4. The van der Waals surface area contributed by atoms with Gasteiger partial charge in [-0.1, -0.05) is 56.3 Å². The van der Waals surface area contributed by atoms with Crippen LogP contribution < -0.4 is 10.7 Å². The summed E-state index contributed by atoms with van der Waals surface area (Å²) in [6.07, 6.45) is 4.39. The van der Waals surface area contributed by atoms with E-state index in [4.69, 9.17) is 4.74 Å². The van der Waals surface area contributed by atoms with Crippen LogP contribution in [0.25, 0.3) is 6.08 Å². The minimum atomic E-state index is -0.786. The maximum Gasteiger partial charge on any atom is 0.343 e. The minimum absolute atomic E-state index is 0.0943. The third-order valence-electron chi connectivity index (χ3n) is 4.82. The van der Waals surface area contributed by atoms with Crippen LogP contribution in [-0.4, -0.2) is 41.0 Å². The lowest BCUT2D eigenvalue weighted by atomic mass is 9.82. The SMILES string of the molecule is CC(C)C[C@@H](C(=O)NN1C(=O)CNC1=O)C(C/C=C/c1ccccc1)C(=O)OC(C)(C)C. The number of hydrazine groups is 1. The lowest BCUT2D eigenvalue weighted by Gasteiger charge is -2.29. The monoisotopic (exact) mass is 443 g/mol. The van der Waals surface area contributed by atoms with Gasteiger partial charge in [0.2, 0.25) is 5.91 Å². The van der Waals surface area contributed by atoms with Gasteiger partial charge in [-0.3, -0.25) is 19.8 Å². The van der Waals surface area contributed by atoms with Crippen LogP contribution in [0.15, 0.2) is 36.4 Å². The Kier molecular flexibility index (Phi) is 8.57. The van der Waals surface area contributed by atoms with Crippen LogP contribution in [-0.2, 0) is 19.1 Å². The molecule has 1 unspecified atom stereocenters. The number of esters is 1. The largest absolute Gasteiger partial charge is 0.460 e. The summed E-state index contributed by atoms with van der Waals surface area (Å²) in [5.74, 6) is -3.08. The van der Waals surface area contributed by atoms with Crippen molar-refractivity contribution in [1.82, 2.24) is 15.8 Å². The summed E-state index contributed by atoms with van der Waals surface area (Å²) in [6, 6.07) is 8.93. The van der Waals surface area contributed by atoms with E-state index in [1.807, 2.05) is 56.3 Å². The highest BCUT2D eigenvalue weighted by Crippen LogP contribution is 2.28. The van der Waals surface area contributed by atoms with Crippen LogP contribution in [0.3, 0.4) is 0 Å². The molecule has 1 aliphatic rings. The maximum atomic E-state index is 13.2. The second-order valence-corrected chi connectivity index (χ2v) is 9.29. The first-order chi connectivity index (χ1) is 15.0. The zero-order valence-electron chi connectivity index (χ0n) is 19.4. The van der Waals surface area contributed by atoms with Crippen LogP contribution in [0.2, 0.25) is 0 Å². The molecule has 2 rings (SSSR count). The number of benzene rings is 1. The normalized spacial score (nSPS) is 16.2. The van der Waals surface area contributed by atoms with Gasteiger partial charge in [-0.05, 0) is 45.1 Å². The number of ether oxygens (including phenoxy) is 1. The number of nitrogens with zero attached hydrogens (tertiary/aromatic N) is 1. The summed E-state index contributed by atoms with van der Waals surface area (Å²) < 4.78 is 5.61. The predicted molar refractivity (Wildman–Crippen MR) is 121 cm³/mol. The van der Waals surface area contributed by atoms with Crippen LogP contribution in [0.4, 0.5) is 4.79 Å². The molecule has 32 heavy (non-hydrogen) atoms. The highest BCUT2D eigenvalue weighted by Gasteiger charge is 2.39. The molecular formula is C24H33N3O5. The van der Waals surface area contributed by atoms with Gasteiger partial charge in [-0.2, -0.15) is 5.01 Å². The second kappa shape index (κ2) is 10.9. The van der Waals surface area contributed by atoms with Crippen molar-refractivity contribution in [1.29, 1.82) is 0 Å². The lowest BCUT2D eigenvalue weighted by molar-refractivity contribution is -0.164. The lowest BCUT2D eigenvalue weighted by Crippen LogP contribution is -2.51. The van der Waals surface area contributed by atoms with Gasteiger partial charge in [0, 0.05) is 0 Å². The summed E-state index contributed by atoms with van der Waals surface area (Å²) in [6.45, 7) is 9.02. The van der Waals surface area contributed by atoms with Gasteiger partial charge < -0.3 is 10.1 Å². The molecule has 1 fully saturated rings. The van der Waals surface area contributed by atoms with Crippen LogP contribution in [0, 0.1) is 17.8 Å². The molecule has 8 nitrogen and oxygen atoms in total. The second-order valence-electron chi connectivity index (χ2n) is 9.29. The number of nitrogens with one attached hydrogen (secondary N) is 2. The van der Waals surface area contributed by atoms with Crippen molar-refractivity contribution in [2.75, 3.05) is 6.54 Å². The predicted octanol–water partition coefficient (Wildman–Crippen LogP) is 3.29. The molecule has 0 saturated carbocycles. The van der Waals surface area contributed by atoms with Crippen molar-refractivity contribution in [3.63, 3.8) is 0 Å². The zero-order chi connectivity index (χ0) is 23.9. The van der Waals surface area contributed by atoms with Gasteiger partial charge in [0.1, 0.15) is 12.1 Å². The fourth-order valence-electron chi connectivity index (χ4n) is 3.41. The first-order valence-electron chi connectivity index (χ1n) is 10.8. The van der Waals surface area contributed by atoms with E-state index in [2.05, 4.69) is 10.7 Å². The number of hydrogen-bond donors (Lipinski definition) is 2. The Hall–Kier alpha value is -3.16. The molecule has 2 N–H and O–H groups in total. The number of imide groups is 1. The summed E-state index contributed by atoms with van der Waals surface area (Å²) in [7, 11) is 0. The fraction of sp³-hybridized carbons (Fsp3) is 0.500. The molecule has 1 saturated heterocycles. The molecule has 1 aliphatic heterocycles. The first kappa shape index (κ1) is 25.1. The molecule has 1 aromatic rings. The molecule has 8 heteroatoms. The number of allylic oxidation sites excluding steroid dienone is 1. The van der Waals surface area contributed by atoms with Crippen molar-refractivity contribution >= 4 is 29.9 Å². The molecule has 0 radical (unpaired) electrons. The average Bonchev–Trinajstić information content (AvgIpc) is 3.01. The smallest absolute Gasteiger partial charge is 0.343 e. The third-order valence-corrected chi connectivity index (χ3v) is 4.82. The molecule has 2 atom stereocenters. The topological polar surface area (TPSA) is 105 Å². The van der Waals surface area contributed by atoms with E-state index in [9.17, 15) is 19.2 Å². The number of carbonyl (C=O) groups excluding carboxylic acids is 4. The van der Waals surface area contributed by atoms with Crippen LogP contribution in [0.5, 0.6) is 0 Å². The van der Waals surface area contributed by atoms with Crippen molar-refractivity contribution in [2.24, 2.45) is 17.8 Å². The Morgan fingerprint density at radius 1 is 1.16 bits per heavy atom. The maximum absolute atomic E-state index is 13.2. The number of hydrogen-bond acceptors (Lipinski definition) is 5. The van der Waals surface area contributed by atoms with Crippen molar-refractivity contribution in [2.45, 2.75) is 53.1 Å². The Morgan fingerprint density at radius 3 is 2.34 bits per heavy atom. The molecule has 0 spiro atoms. The molecule has 0 aromatic heterocycles. The Balaban J connectivity index is 2.28.